The van der Waals surface area contributed by atoms with Crippen LogP contribution in [0.3, 0.4) is 0 Å². The standard InChI is InChI=1S/C64H45N3S/c1-41-36-37-57(46-23-16-22-45(39-46)44-21-15-18-42(38-44)40-65)66-62(67-61(41)43-19-3-2-4-20-43)48-25-17-33-56-60(48)47-24-5-6-26-49(47)63(56)50-27-7-9-29-52(50)64(53-30-10-8-28-51(53)63)54-31-11-13-34-58(54)68-59-35-14-12-32-55(59)64/h2-35,38-39,41,61H,36-37H2,1H3. The molecule has 0 saturated carbocycles. The molecule has 2 aliphatic carbocycles. The molecule has 9 aromatic rings. The summed E-state index contributed by atoms with van der Waals surface area (Å²) in [6, 6.07) is 82.3. The van der Waals surface area contributed by atoms with Crippen LogP contribution in [0.1, 0.15) is 92.6 Å². The minimum atomic E-state index is -0.637. The Morgan fingerprint density at radius 3 is 1.65 bits per heavy atom. The van der Waals surface area contributed by atoms with Gasteiger partial charge in [-0.25, -0.2) is 4.99 Å². The molecular weight excluding hydrogens is 843 g/mol. The molecule has 2 spiro atoms. The largest absolute Gasteiger partial charge is 0.258 e. The summed E-state index contributed by atoms with van der Waals surface area (Å²) in [5.41, 5.74) is 18.7. The quantitative estimate of drug-likeness (QED) is 0.177. The van der Waals surface area contributed by atoms with Crippen LogP contribution < -0.4 is 0 Å². The molecule has 0 N–H and O–H groups in total. The van der Waals surface area contributed by atoms with E-state index >= 15 is 0 Å². The predicted molar refractivity (Wildman–Crippen MR) is 277 cm³/mol. The van der Waals surface area contributed by atoms with Crippen LogP contribution in [-0.2, 0) is 10.8 Å². The summed E-state index contributed by atoms with van der Waals surface area (Å²) < 4.78 is 0. The second kappa shape index (κ2) is 15.9. The maximum Gasteiger partial charge on any atom is 0.156 e. The van der Waals surface area contributed by atoms with Gasteiger partial charge in [-0.05, 0) is 127 Å². The first kappa shape index (κ1) is 40.4. The van der Waals surface area contributed by atoms with E-state index in [1.807, 2.05) is 30.0 Å². The zero-order valence-corrected chi connectivity index (χ0v) is 38.4. The van der Waals surface area contributed by atoms with E-state index < -0.39 is 10.8 Å². The molecule has 4 heteroatoms. The van der Waals surface area contributed by atoms with Crippen molar-refractivity contribution in [3.05, 3.63) is 285 Å². The van der Waals surface area contributed by atoms with Gasteiger partial charge in [-0.1, -0.05) is 207 Å². The highest BCUT2D eigenvalue weighted by atomic mass is 32.2. The lowest BCUT2D eigenvalue weighted by atomic mass is 9.51. The number of aliphatic imine (C=N–C) groups is 2. The van der Waals surface area contributed by atoms with E-state index in [-0.39, 0.29) is 12.0 Å². The molecule has 2 atom stereocenters. The molecule has 322 valence electrons. The van der Waals surface area contributed by atoms with Crippen molar-refractivity contribution in [1.29, 1.82) is 5.26 Å². The Balaban J connectivity index is 1.08. The third-order valence-corrected chi connectivity index (χ3v) is 16.3. The van der Waals surface area contributed by atoms with Crippen LogP contribution in [0.5, 0.6) is 0 Å². The van der Waals surface area contributed by atoms with Crippen molar-refractivity contribution in [2.45, 2.75) is 46.4 Å². The Morgan fingerprint density at radius 1 is 0.485 bits per heavy atom. The Bertz CT molecular complexity index is 3520. The second-order valence-corrected chi connectivity index (χ2v) is 19.7. The summed E-state index contributed by atoms with van der Waals surface area (Å²) in [6.45, 7) is 2.34. The third kappa shape index (κ3) is 5.85. The van der Waals surface area contributed by atoms with E-state index in [4.69, 9.17) is 9.98 Å². The van der Waals surface area contributed by atoms with Crippen LogP contribution in [0.15, 0.2) is 238 Å². The number of nitrogens with zero attached hydrogens (tertiary/aromatic N) is 3. The minimum absolute atomic E-state index is 0.0849. The molecule has 3 nitrogen and oxygen atoms in total. The molecule has 2 aliphatic heterocycles. The van der Waals surface area contributed by atoms with E-state index in [9.17, 15) is 5.26 Å². The van der Waals surface area contributed by atoms with Crippen LogP contribution in [0.4, 0.5) is 0 Å². The molecule has 0 radical (unpaired) electrons. The lowest BCUT2D eigenvalue weighted by Gasteiger charge is -2.51. The van der Waals surface area contributed by atoms with Crippen LogP contribution in [-0.4, -0.2) is 11.5 Å². The van der Waals surface area contributed by atoms with Crippen molar-refractivity contribution >= 4 is 23.3 Å². The SMILES string of the molecule is CC1CCC(c2cccc(-c3cccc(C#N)c3)c2)=NC(c2cccc3c2-c2ccccc2C32c3ccccc3C3(c4ccccc4Sc4ccccc43)c3ccccc32)=NC1c1ccccc1. The van der Waals surface area contributed by atoms with Gasteiger partial charge < -0.3 is 0 Å². The fourth-order valence-electron chi connectivity index (χ4n) is 12.3. The molecule has 13 rings (SSSR count). The van der Waals surface area contributed by atoms with Gasteiger partial charge in [0.05, 0.1) is 34.2 Å². The Labute approximate surface area is 402 Å². The average Bonchev–Trinajstić information content (AvgIpc) is 3.70. The van der Waals surface area contributed by atoms with Crippen molar-refractivity contribution in [2.75, 3.05) is 0 Å². The molecular formula is C64H45N3S. The first-order valence-corrected chi connectivity index (χ1v) is 24.5. The first-order valence-electron chi connectivity index (χ1n) is 23.7. The van der Waals surface area contributed by atoms with Crippen molar-refractivity contribution in [3.8, 4) is 28.3 Å². The number of hydrogen-bond donors (Lipinski definition) is 0. The van der Waals surface area contributed by atoms with Crippen molar-refractivity contribution < 1.29 is 0 Å². The molecule has 0 aromatic heterocycles. The van der Waals surface area contributed by atoms with E-state index in [0.717, 1.165) is 46.6 Å². The molecule has 68 heavy (non-hydrogen) atoms. The molecule has 4 aliphatic rings. The maximum atomic E-state index is 9.74. The number of hydrogen-bond acceptors (Lipinski definition) is 4. The zero-order valence-electron chi connectivity index (χ0n) is 37.6. The van der Waals surface area contributed by atoms with E-state index in [1.54, 1.807) is 0 Å². The van der Waals surface area contributed by atoms with Gasteiger partial charge in [0, 0.05) is 15.4 Å². The fourth-order valence-corrected chi connectivity index (χ4v) is 13.5. The zero-order chi connectivity index (χ0) is 45.4. The predicted octanol–water partition coefficient (Wildman–Crippen LogP) is 15.2. The number of nitriles is 1. The van der Waals surface area contributed by atoms with Crippen LogP contribution in [0.25, 0.3) is 22.3 Å². The summed E-state index contributed by atoms with van der Waals surface area (Å²) in [4.78, 5) is 14.2. The molecule has 2 heterocycles. The van der Waals surface area contributed by atoms with E-state index in [0.29, 0.717) is 5.56 Å². The Kier molecular flexibility index (Phi) is 9.46. The number of fused-ring (bicyclic) bond motifs is 15. The minimum Gasteiger partial charge on any atom is -0.258 e. The topological polar surface area (TPSA) is 48.5 Å². The first-order chi connectivity index (χ1) is 33.6. The van der Waals surface area contributed by atoms with Gasteiger partial charge in [0.15, 0.2) is 5.84 Å². The van der Waals surface area contributed by atoms with Gasteiger partial charge in [-0.3, -0.25) is 4.99 Å². The molecule has 9 aromatic carbocycles. The van der Waals surface area contributed by atoms with Crippen LogP contribution >= 0.6 is 11.8 Å². The monoisotopic (exact) mass is 887 g/mol. The van der Waals surface area contributed by atoms with Gasteiger partial charge >= 0.3 is 0 Å². The summed E-state index contributed by atoms with van der Waals surface area (Å²) >= 11 is 1.88. The molecule has 0 amide bonds. The average molecular weight is 888 g/mol. The van der Waals surface area contributed by atoms with Crippen LogP contribution in [0.2, 0.25) is 0 Å². The Hall–Kier alpha value is -7.84. The van der Waals surface area contributed by atoms with Crippen molar-refractivity contribution in [1.82, 2.24) is 0 Å². The second-order valence-electron chi connectivity index (χ2n) is 18.6. The molecule has 2 unspecified atom stereocenters. The van der Waals surface area contributed by atoms with Gasteiger partial charge in [-0.15, -0.1) is 0 Å². The summed E-state index contributed by atoms with van der Waals surface area (Å²) in [5.74, 6) is 0.999. The van der Waals surface area contributed by atoms with Crippen molar-refractivity contribution in [2.24, 2.45) is 15.9 Å². The van der Waals surface area contributed by atoms with Gasteiger partial charge in [0.2, 0.25) is 0 Å². The number of benzene rings is 9. The van der Waals surface area contributed by atoms with E-state index in [1.165, 1.54) is 71.0 Å². The summed E-state index contributed by atoms with van der Waals surface area (Å²) in [7, 11) is 0. The molecule has 0 saturated heterocycles. The highest BCUT2D eigenvalue weighted by Gasteiger charge is 2.58. The normalized spacial score (nSPS) is 17.7. The van der Waals surface area contributed by atoms with Crippen LogP contribution in [0, 0.1) is 17.2 Å². The number of rotatable bonds is 4. The highest BCUT2D eigenvalue weighted by Crippen LogP contribution is 2.67. The van der Waals surface area contributed by atoms with Gasteiger partial charge in [0.1, 0.15) is 0 Å². The Morgan fingerprint density at radius 2 is 0.985 bits per heavy atom. The lowest BCUT2D eigenvalue weighted by molar-refractivity contribution is 0.446. The van der Waals surface area contributed by atoms with Crippen molar-refractivity contribution in [3.63, 3.8) is 0 Å². The van der Waals surface area contributed by atoms with E-state index in [2.05, 4.69) is 213 Å². The molecule has 0 bridgehead atoms. The lowest BCUT2D eigenvalue weighted by Crippen LogP contribution is -2.45. The molecule has 0 fully saturated rings. The summed E-state index contributed by atoms with van der Waals surface area (Å²) in [5, 5.41) is 9.74. The third-order valence-electron chi connectivity index (χ3n) is 15.1. The highest BCUT2D eigenvalue weighted by molar-refractivity contribution is 7.99. The maximum absolute atomic E-state index is 9.74. The number of amidine groups is 1. The fraction of sp³-hybridized carbons (Fsp3) is 0.109. The smallest absolute Gasteiger partial charge is 0.156 e. The summed E-state index contributed by atoms with van der Waals surface area (Å²) in [6.07, 6.45) is 1.73. The van der Waals surface area contributed by atoms with Gasteiger partial charge in [0.25, 0.3) is 0 Å². The van der Waals surface area contributed by atoms with Gasteiger partial charge in [-0.2, -0.15) is 5.26 Å².